The van der Waals surface area contributed by atoms with Crippen LogP contribution in [0.1, 0.15) is 5.69 Å². The maximum absolute atomic E-state index is 10.2. The van der Waals surface area contributed by atoms with Gasteiger partial charge < -0.3 is 0 Å². The Labute approximate surface area is 60.7 Å². The molecule has 0 aliphatic heterocycles. The lowest BCUT2D eigenvalue weighted by Gasteiger charge is -1.88. The summed E-state index contributed by atoms with van der Waals surface area (Å²) in [5, 5.41) is 0. The van der Waals surface area contributed by atoms with Crippen molar-refractivity contribution in [2.24, 2.45) is 0 Å². The molecule has 4 heteroatoms. The van der Waals surface area contributed by atoms with Crippen molar-refractivity contribution in [3.63, 3.8) is 0 Å². The molecule has 0 fully saturated rings. The predicted molar refractivity (Wildman–Crippen MR) is 37.1 cm³/mol. The van der Waals surface area contributed by atoms with Gasteiger partial charge in [-0.05, 0) is 6.07 Å². The monoisotopic (exact) mass is 156 g/mol. The van der Waals surface area contributed by atoms with Crippen molar-refractivity contribution in [2.45, 2.75) is 5.75 Å². The first-order valence-electron chi connectivity index (χ1n) is 2.72. The fourth-order valence-corrected chi connectivity index (χ4v) is 1.03. The highest BCUT2D eigenvalue weighted by atomic mass is 32.2. The van der Waals surface area contributed by atoms with E-state index in [4.69, 9.17) is 0 Å². The van der Waals surface area contributed by atoms with Gasteiger partial charge in [0, 0.05) is 12.3 Å². The second kappa shape index (κ2) is 3.31. The molecule has 53 valence electrons. The zero-order valence-electron chi connectivity index (χ0n) is 5.15. The molecule has 0 aliphatic carbocycles. The van der Waals surface area contributed by atoms with Crippen molar-refractivity contribution in [1.82, 2.24) is 4.98 Å². The van der Waals surface area contributed by atoms with E-state index >= 15 is 0 Å². The first kappa shape index (κ1) is 7.21. The molecule has 0 saturated heterocycles. The number of pyridine rings is 1. The van der Waals surface area contributed by atoms with E-state index in [1.165, 1.54) is 6.20 Å². The first-order chi connectivity index (χ1) is 4.79. The Balaban J connectivity index is 2.77. The molecule has 1 aromatic rings. The second-order valence-corrected chi connectivity index (χ2v) is 2.72. The van der Waals surface area contributed by atoms with Crippen molar-refractivity contribution in [3.8, 4) is 0 Å². The lowest BCUT2D eigenvalue weighted by molar-refractivity contribution is 0.613. The van der Waals surface area contributed by atoms with Crippen LogP contribution >= 0.6 is 0 Å². The molecule has 0 spiro atoms. The fourth-order valence-electron chi connectivity index (χ4n) is 0.576. The third-order valence-electron chi connectivity index (χ3n) is 0.968. The SMILES string of the molecule is O=[SH](=O)Cc1cc[c]cn1. The average molecular weight is 156 g/mol. The van der Waals surface area contributed by atoms with E-state index in [0.29, 0.717) is 5.69 Å². The highest BCUT2D eigenvalue weighted by Crippen LogP contribution is 1.92. The summed E-state index contributed by atoms with van der Waals surface area (Å²) < 4.78 is 20.3. The Morgan fingerprint density at radius 1 is 1.60 bits per heavy atom. The van der Waals surface area contributed by atoms with E-state index in [0.717, 1.165) is 0 Å². The van der Waals surface area contributed by atoms with Gasteiger partial charge in [0.25, 0.3) is 0 Å². The van der Waals surface area contributed by atoms with Crippen LogP contribution < -0.4 is 0 Å². The molecule has 0 N–H and O–H groups in total. The number of aromatic nitrogens is 1. The van der Waals surface area contributed by atoms with Crippen molar-refractivity contribution in [3.05, 3.63) is 30.1 Å². The Morgan fingerprint density at radius 2 is 2.40 bits per heavy atom. The van der Waals surface area contributed by atoms with Gasteiger partial charge in [-0.2, -0.15) is 0 Å². The third kappa shape index (κ3) is 2.14. The van der Waals surface area contributed by atoms with E-state index in [2.05, 4.69) is 11.1 Å². The molecule has 1 rings (SSSR count). The topological polar surface area (TPSA) is 47.0 Å². The van der Waals surface area contributed by atoms with E-state index in [1.54, 1.807) is 12.1 Å². The van der Waals surface area contributed by atoms with Crippen molar-refractivity contribution < 1.29 is 8.42 Å². The fraction of sp³-hybridized carbons (Fsp3) is 0.167. The predicted octanol–water partition coefficient (Wildman–Crippen LogP) is -0.00681. The molecule has 0 aliphatic rings. The van der Waals surface area contributed by atoms with Gasteiger partial charge in [-0.25, -0.2) is 8.42 Å². The molecule has 3 nitrogen and oxygen atoms in total. The number of nitrogens with zero attached hydrogens (tertiary/aromatic N) is 1. The highest BCUT2D eigenvalue weighted by Gasteiger charge is 1.91. The van der Waals surface area contributed by atoms with Crippen LogP contribution in [0.25, 0.3) is 0 Å². The van der Waals surface area contributed by atoms with E-state index in [-0.39, 0.29) is 5.75 Å². The quantitative estimate of drug-likeness (QED) is 0.613. The molecule has 0 saturated carbocycles. The zero-order chi connectivity index (χ0) is 7.40. The summed E-state index contributed by atoms with van der Waals surface area (Å²) in [5.74, 6) is 0.0179. The zero-order valence-corrected chi connectivity index (χ0v) is 6.04. The Morgan fingerprint density at radius 3 is 2.90 bits per heavy atom. The Kier molecular flexibility index (Phi) is 2.39. The van der Waals surface area contributed by atoms with Gasteiger partial charge in [-0.3, -0.25) is 4.98 Å². The van der Waals surface area contributed by atoms with Gasteiger partial charge in [0.2, 0.25) is 0 Å². The van der Waals surface area contributed by atoms with Crippen LogP contribution in [0, 0.1) is 6.07 Å². The molecular formula is C6H6NO2S. The summed E-state index contributed by atoms with van der Waals surface area (Å²) in [6, 6.07) is 5.97. The van der Waals surface area contributed by atoms with Gasteiger partial charge in [0.1, 0.15) is 10.7 Å². The van der Waals surface area contributed by atoms with E-state index in [1.807, 2.05) is 0 Å². The molecule has 1 radical (unpaired) electrons. The number of hydrogen-bond acceptors (Lipinski definition) is 3. The Hall–Kier alpha value is -0.900. The minimum Gasteiger partial charge on any atom is -0.260 e. The standard InChI is InChI=1S/C6H6NO2S/c8-10(9)5-6-3-1-2-4-7-6/h1,3-4,10H,5H2. The van der Waals surface area contributed by atoms with Crippen LogP contribution in [0.2, 0.25) is 0 Å². The number of hydrogen-bond donors (Lipinski definition) is 1. The van der Waals surface area contributed by atoms with Crippen molar-refractivity contribution >= 4 is 10.7 Å². The van der Waals surface area contributed by atoms with Crippen LogP contribution in [0.4, 0.5) is 0 Å². The first-order valence-corrected chi connectivity index (χ1v) is 4.08. The van der Waals surface area contributed by atoms with Gasteiger partial charge in [-0.1, -0.05) is 6.07 Å². The van der Waals surface area contributed by atoms with Gasteiger partial charge in [0.15, 0.2) is 0 Å². The van der Waals surface area contributed by atoms with Crippen molar-refractivity contribution in [1.29, 1.82) is 0 Å². The van der Waals surface area contributed by atoms with E-state index < -0.39 is 10.7 Å². The summed E-state index contributed by atoms with van der Waals surface area (Å²) in [4.78, 5) is 3.78. The molecule has 1 aromatic heterocycles. The van der Waals surface area contributed by atoms with Crippen LogP contribution in [0.3, 0.4) is 0 Å². The van der Waals surface area contributed by atoms with Gasteiger partial charge in [-0.15, -0.1) is 0 Å². The molecule has 1 heterocycles. The molecule has 10 heavy (non-hydrogen) atoms. The summed E-state index contributed by atoms with van der Waals surface area (Å²) in [6.45, 7) is 0. The molecular weight excluding hydrogens is 150 g/mol. The molecule has 0 aromatic carbocycles. The lowest BCUT2D eigenvalue weighted by atomic mass is 10.4. The minimum atomic E-state index is -2.35. The highest BCUT2D eigenvalue weighted by molar-refractivity contribution is 7.71. The second-order valence-electron chi connectivity index (χ2n) is 1.74. The van der Waals surface area contributed by atoms with Crippen molar-refractivity contribution in [2.75, 3.05) is 0 Å². The maximum Gasteiger partial charge on any atom is 0.145 e. The average Bonchev–Trinajstić information content (AvgIpc) is 1.88. The van der Waals surface area contributed by atoms with Crippen LogP contribution in [-0.2, 0) is 16.5 Å². The van der Waals surface area contributed by atoms with E-state index in [9.17, 15) is 8.42 Å². The summed E-state index contributed by atoms with van der Waals surface area (Å²) in [5.41, 5.74) is 0.565. The molecule has 0 bridgehead atoms. The summed E-state index contributed by atoms with van der Waals surface area (Å²) in [7, 11) is -2.35. The lowest BCUT2D eigenvalue weighted by Crippen LogP contribution is -1.88. The number of thiol groups is 1. The minimum absolute atomic E-state index is 0.0179. The molecule has 0 amide bonds. The van der Waals surface area contributed by atoms with Crippen LogP contribution in [0.15, 0.2) is 18.3 Å². The smallest absolute Gasteiger partial charge is 0.145 e. The van der Waals surface area contributed by atoms with Gasteiger partial charge in [0.05, 0.1) is 11.4 Å². The third-order valence-corrected chi connectivity index (χ3v) is 1.55. The maximum atomic E-state index is 10.2. The normalized spacial score (nSPS) is 10.1. The van der Waals surface area contributed by atoms with Crippen LogP contribution in [-0.4, -0.2) is 13.4 Å². The molecule has 0 atom stereocenters. The van der Waals surface area contributed by atoms with Gasteiger partial charge >= 0.3 is 0 Å². The summed E-state index contributed by atoms with van der Waals surface area (Å²) in [6.07, 6.45) is 1.45. The number of rotatable bonds is 2. The van der Waals surface area contributed by atoms with Crippen LogP contribution in [0.5, 0.6) is 0 Å². The Bertz CT molecular complexity index is 260. The largest absolute Gasteiger partial charge is 0.260 e. The molecule has 0 unspecified atom stereocenters. The summed E-state index contributed by atoms with van der Waals surface area (Å²) >= 11 is 0.